The molecule has 3 heteroatoms. The van der Waals surface area contributed by atoms with E-state index in [1.54, 1.807) is 0 Å². The van der Waals surface area contributed by atoms with Crippen LogP contribution in [0.5, 0.6) is 0 Å². The molecule has 108 valence electrons. The summed E-state index contributed by atoms with van der Waals surface area (Å²) < 4.78 is 5.62. The van der Waals surface area contributed by atoms with Gasteiger partial charge >= 0.3 is 0 Å². The number of rotatable bonds is 2. The summed E-state index contributed by atoms with van der Waals surface area (Å²) in [6.07, 6.45) is 2.77. The number of aromatic nitrogens is 1. The molecule has 1 aromatic heterocycles. The Morgan fingerprint density at radius 1 is 1.00 bits per heavy atom. The van der Waals surface area contributed by atoms with Gasteiger partial charge < -0.3 is 4.74 Å². The Hall–Kier alpha value is -2.52. The van der Waals surface area contributed by atoms with Crippen LogP contribution in [0.3, 0.4) is 0 Å². The van der Waals surface area contributed by atoms with Crippen molar-refractivity contribution in [3.05, 3.63) is 71.4 Å². The molecule has 1 aliphatic heterocycles. The molecular formula is C19H16N2O. The fourth-order valence-electron chi connectivity index (χ4n) is 2.81. The van der Waals surface area contributed by atoms with Crippen molar-refractivity contribution >= 4 is 22.8 Å². The maximum absolute atomic E-state index is 5.62. The number of pyridine rings is 1. The third kappa shape index (κ3) is 2.40. The third-order valence-electron chi connectivity index (χ3n) is 3.92. The Labute approximate surface area is 129 Å². The predicted molar refractivity (Wildman–Crippen MR) is 88.8 cm³/mol. The van der Waals surface area contributed by atoms with E-state index in [2.05, 4.69) is 18.2 Å². The molecule has 0 spiro atoms. The lowest BCUT2D eigenvalue weighted by Crippen LogP contribution is -2.12. The molecule has 0 fully saturated rings. The number of para-hydroxylation sites is 1. The Morgan fingerprint density at radius 2 is 1.82 bits per heavy atom. The van der Waals surface area contributed by atoms with Gasteiger partial charge in [0.15, 0.2) is 0 Å². The molecule has 0 unspecified atom stereocenters. The fraction of sp³-hybridized carbons (Fsp3) is 0.158. The average molecular weight is 288 g/mol. The molecule has 1 aliphatic rings. The topological polar surface area (TPSA) is 34.5 Å². The molecule has 2 heterocycles. The molecule has 3 aromatic rings. The molecule has 0 bridgehead atoms. The summed E-state index contributed by atoms with van der Waals surface area (Å²) in [5, 5.41) is 1.08. The van der Waals surface area contributed by atoms with Gasteiger partial charge in [0, 0.05) is 23.6 Å². The number of aliphatic imine (C=N–C) groups is 1. The molecule has 0 atom stereocenters. The van der Waals surface area contributed by atoms with Gasteiger partial charge in [-0.05, 0) is 11.6 Å². The molecule has 0 saturated carbocycles. The smallest absolute Gasteiger partial charge is 0.0797 e. The third-order valence-corrected chi connectivity index (χ3v) is 3.92. The van der Waals surface area contributed by atoms with Gasteiger partial charge in [-0.15, -0.1) is 0 Å². The lowest BCUT2D eigenvalue weighted by molar-refractivity contribution is 0.110. The van der Waals surface area contributed by atoms with Crippen LogP contribution in [-0.4, -0.2) is 17.8 Å². The Morgan fingerprint density at radius 3 is 2.73 bits per heavy atom. The van der Waals surface area contributed by atoms with E-state index in [1.807, 2.05) is 42.6 Å². The number of nitrogens with zero attached hydrogens (tertiary/aromatic N) is 2. The molecule has 2 aromatic carbocycles. The number of fused-ring (bicyclic) bond motifs is 2. The summed E-state index contributed by atoms with van der Waals surface area (Å²) in [7, 11) is 0. The van der Waals surface area contributed by atoms with Gasteiger partial charge in [-0.2, -0.15) is 0 Å². The van der Waals surface area contributed by atoms with Gasteiger partial charge in [0.1, 0.15) is 0 Å². The summed E-state index contributed by atoms with van der Waals surface area (Å²) in [5.41, 5.74) is 5.32. The minimum absolute atomic E-state index is 0.592. The molecule has 22 heavy (non-hydrogen) atoms. The van der Waals surface area contributed by atoms with Crippen LogP contribution >= 0.6 is 0 Å². The highest BCUT2D eigenvalue weighted by molar-refractivity contribution is 5.95. The Balaban J connectivity index is 1.89. The second-order valence-electron chi connectivity index (χ2n) is 5.37. The first-order chi connectivity index (χ1) is 10.9. The largest absolute Gasteiger partial charge is 0.376 e. The first-order valence-electron chi connectivity index (χ1n) is 7.49. The monoisotopic (exact) mass is 288 g/mol. The van der Waals surface area contributed by atoms with Crippen LogP contribution in [0.4, 0.5) is 5.69 Å². The molecule has 0 aliphatic carbocycles. The van der Waals surface area contributed by atoms with E-state index in [9.17, 15) is 0 Å². The highest BCUT2D eigenvalue weighted by Crippen LogP contribution is 2.33. The second kappa shape index (κ2) is 5.70. The van der Waals surface area contributed by atoms with Gasteiger partial charge in [-0.3, -0.25) is 9.98 Å². The van der Waals surface area contributed by atoms with Crippen molar-refractivity contribution in [3.63, 3.8) is 0 Å². The molecule has 0 N–H and O–H groups in total. The standard InChI is InChI=1S/C19H16N2O/c1-2-6-14(7-3-1)12-20-19-15-8-4-5-9-17(15)21-18-10-11-22-13-16(18)19/h1-9,12H,10-11,13H2/b20-12+. The molecule has 0 radical (unpaired) electrons. The number of hydrogen-bond acceptors (Lipinski definition) is 3. The summed E-state index contributed by atoms with van der Waals surface area (Å²) >= 11 is 0. The Bertz CT molecular complexity index is 841. The van der Waals surface area contributed by atoms with E-state index in [1.165, 1.54) is 0 Å². The summed E-state index contributed by atoms with van der Waals surface area (Å²) in [4.78, 5) is 9.55. The van der Waals surface area contributed by atoms with Crippen LogP contribution in [0, 0.1) is 0 Å². The van der Waals surface area contributed by atoms with Crippen LogP contribution < -0.4 is 0 Å². The summed E-state index contributed by atoms with van der Waals surface area (Å²) in [6.45, 7) is 1.33. The molecule has 4 rings (SSSR count). The first kappa shape index (κ1) is 13.2. The van der Waals surface area contributed by atoms with Gasteiger partial charge in [0.25, 0.3) is 0 Å². The maximum Gasteiger partial charge on any atom is 0.0797 e. The highest BCUT2D eigenvalue weighted by atomic mass is 16.5. The van der Waals surface area contributed by atoms with Crippen LogP contribution in [0.2, 0.25) is 0 Å². The van der Waals surface area contributed by atoms with Crippen LogP contribution in [0.1, 0.15) is 16.8 Å². The van der Waals surface area contributed by atoms with Crippen molar-refractivity contribution in [2.45, 2.75) is 13.0 Å². The highest BCUT2D eigenvalue weighted by Gasteiger charge is 2.17. The van der Waals surface area contributed by atoms with E-state index >= 15 is 0 Å². The van der Waals surface area contributed by atoms with E-state index in [0.717, 1.165) is 46.4 Å². The molecule has 0 amide bonds. The number of ether oxygens (including phenoxy) is 1. The van der Waals surface area contributed by atoms with E-state index < -0.39 is 0 Å². The van der Waals surface area contributed by atoms with Crippen molar-refractivity contribution < 1.29 is 4.74 Å². The zero-order valence-corrected chi connectivity index (χ0v) is 12.2. The minimum atomic E-state index is 0.592. The van der Waals surface area contributed by atoms with Gasteiger partial charge in [-0.1, -0.05) is 48.5 Å². The molecule has 0 saturated heterocycles. The average Bonchev–Trinajstić information content (AvgIpc) is 2.59. The fourth-order valence-corrected chi connectivity index (χ4v) is 2.81. The van der Waals surface area contributed by atoms with Gasteiger partial charge in [0.2, 0.25) is 0 Å². The van der Waals surface area contributed by atoms with Crippen LogP contribution in [0.15, 0.2) is 59.6 Å². The zero-order chi connectivity index (χ0) is 14.8. The van der Waals surface area contributed by atoms with Gasteiger partial charge in [-0.25, -0.2) is 0 Å². The van der Waals surface area contributed by atoms with E-state index in [4.69, 9.17) is 14.7 Å². The normalized spacial score (nSPS) is 14.4. The zero-order valence-electron chi connectivity index (χ0n) is 12.2. The van der Waals surface area contributed by atoms with Crippen molar-refractivity contribution in [1.29, 1.82) is 0 Å². The second-order valence-corrected chi connectivity index (χ2v) is 5.37. The summed E-state index contributed by atoms with van der Waals surface area (Å²) in [5.74, 6) is 0. The van der Waals surface area contributed by atoms with Crippen LogP contribution in [0.25, 0.3) is 10.9 Å². The lowest BCUT2D eigenvalue weighted by Gasteiger charge is -2.19. The van der Waals surface area contributed by atoms with E-state index in [-0.39, 0.29) is 0 Å². The van der Waals surface area contributed by atoms with E-state index in [0.29, 0.717) is 6.61 Å². The molecule has 3 nitrogen and oxygen atoms in total. The number of benzene rings is 2. The van der Waals surface area contributed by atoms with Gasteiger partial charge in [0.05, 0.1) is 30.1 Å². The SMILES string of the molecule is C(=N\c1c2c(nc3ccccc13)CCOC2)/c1ccccc1. The quantitative estimate of drug-likeness (QED) is 0.666. The van der Waals surface area contributed by atoms with Crippen LogP contribution in [-0.2, 0) is 17.8 Å². The number of hydrogen-bond donors (Lipinski definition) is 0. The first-order valence-corrected chi connectivity index (χ1v) is 7.49. The lowest BCUT2D eigenvalue weighted by atomic mass is 10.0. The molecular weight excluding hydrogens is 272 g/mol. The van der Waals surface area contributed by atoms with Crippen molar-refractivity contribution in [2.75, 3.05) is 6.61 Å². The van der Waals surface area contributed by atoms with Crippen molar-refractivity contribution in [1.82, 2.24) is 4.98 Å². The summed E-state index contributed by atoms with van der Waals surface area (Å²) in [6, 6.07) is 18.3. The minimum Gasteiger partial charge on any atom is -0.376 e. The predicted octanol–water partition coefficient (Wildman–Crippen LogP) is 4.06. The van der Waals surface area contributed by atoms with Crippen molar-refractivity contribution in [3.8, 4) is 0 Å². The van der Waals surface area contributed by atoms with Crippen molar-refractivity contribution in [2.24, 2.45) is 4.99 Å². The maximum atomic E-state index is 5.62. The Kier molecular flexibility index (Phi) is 3.41.